The molecule has 0 radical (unpaired) electrons. The van der Waals surface area contributed by atoms with Gasteiger partial charge in [-0.1, -0.05) is 38.1 Å². The minimum absolute atomic E-state index is 0.0440. The molecule has 0 saturated carbocycles. The van der Waals surface area contributed by atoms with Gasteiger partial charge in [0.15, 0.2) is 11.5 Å². The van der Waals surface area contributed by atoms with Crippen molar-refractivity contribution >= 4 is 40.3 Å². The molecule has 220 valence electrons. The van der Waals surface area contributed by atoms with Crippen molar-refractivity contribution in [1.29, 1.82) is 0 Å². The molecule has 3 amide bonds. The number of carbonyl (C=O) groups excluding carboxylic acids is 2. The third kappa shape index (κ3) is 5.76. The lowest BCUT2D eigenvalue weighted by molar-refractivity contribution is 0.0724. The fourth-order valence-electron chi connectivity index (χ4n) is 5.06. The van der Waals surface area contributed by atoms with E-state index in [9.17, 15) is 9.59 Å². The lowest BCUT2D eigenvalue weighted by atomic mass is 9.93. The topological polar surface area (TPSA) is 157 Å². The molecule has 1 aliphatic rings. The van der Waals surface area contributed by atoms with Crippen LogP contribution in [-0.2, 0) is 5.41 Å². The predicted molar refractivity (Wildman–Crippen MR) is 164 cm³/mol. The quantitative estimate of drug-likeness (QED) is 0.242. The van der Waals surface area contributed by atoms with Crippen LogP contribution < -0.4 is 16.4 Å². The Labute approximate surface area is 248 Å². The van der Waals surface area contributed by atoms with Gasteiger partial charge in [0, 0.05) is 41.4 Å². The maximum absolute atomic E-state index is 13.0. The minimum atomic E-state index is -0.448. The van der Waals surface area contributed by atoms with Crippen LogP contribution in [0.3, 0.4) is 0 Å². The first kappa shape index (κ1) is 27.9. The minimum Gasteiger partial charge on any atom is -0.383 e. The van der Waals surface area contributed by atoms with E-state index in [1.54, 1.807) is 22.9 Å². The lowest BCUT2D eigenvalue weighted by Gasteiger charge is -2.26. The fraction of sp³-hybridized carbons (Fsp3) is 0.290. The highest BCUT2D eigenvalue weighted by Gasteiger charge is 2.22. The molecule has 5 aromatic rings. The molecular weight excluding hydrogens is 546 g/mol. The number of benzene rings is 2. The van der Waals surface area contributed by atoms with Crippen molar-refractivity contribution in [3.8, 4) is 16.9 Å². The molecule has 4 heterocycles. The summed E-state index contributed by atoms with van der Waals surface area (Å²) in [6.07, 6.45) is 4.64. The van der Waals surface area contributed by atoms with Gasteiger partial charge < -0.3 is 20.5 Å². The zero-order valence-electron chi connectivity index (χ0n) is 24.3. The summed E-state index contributed by atoms with van der Waals surface area (Å²) in [4.78, 5) is 36.1. The summed E-state index contributed by atoms with van der Waals surface area (Å²) < 4.78 is 7.01. The van der Waals surface area contributed by atoms with E-state index in [0.29, 0.717) is 51.1 Å². The average Bonchev–Trinajstić information content (AvgIpc) is 3.64. The van der Waals surface area contributed by atoms with Crippen molar-refractivity contribution in [3.05, 3.63) is 72.2 Å². The number of nitrogen functional groups attached to an aromatic ring is 1. The molecule has 12 nitrogen and oxygen atoms in total. The fourth-order valence-corrected chi connectivity index (χ4v) is 5.06. The highest BCUT2D eigenvalue weighted by molar-refractivity contribution is 6.01. The van der Waals surface area contributed by atoms with E-state index in [1.807, 2.05) is 62.1 Å². The molecule has 6 rings (SSSR count). The second kappa shape index (κ2) is 11.2. The van der Waals surface area contributed by atoms with Crippen LogP contribution in [0.25, 0.3) is 28.0 Å². The lowest BCUT2D eigenvalue weighted by Crippen LogP contribution is -2.35. The number of urea groups is 1. The summed E-state index contributed by atoms with van der Waals surface area (Å²) in [5.41, 5.74) is 9.93. The van der Waals surface area contributed by atoms with Gasteiger partial charge in [-0.2, -0.15) is 5.10 Å². The molecule has 3 aromatic heterocycles. The van der Waals surface area contributed by atoms with E-state index in [-0.39, 0.29) is 11.3 Å². The van der Waals surface area contributed by atoms with Gasteiger partial charge in [-0.15, -0.1) is 0 Å². The number of hydrogen-bond donors (Lipinski definition) is 3. The number of piperidine rings is 1. The van der Waals surface area contributed by atoms with Crippen LogP contribution in [0, 0.1) is 0 Å². The van der Waals surface area contributed by atoms with Crippen LogP contribution in [0.5, 0.6) is 0 Å². The predicted octanol–water partition coefficient (Wildman–Crippen LogP) is 5.62. The Bertz CT molecular complexity index is 1780. The number of rotatable bonds is 5. The zero-order chi connectivity index (χ0) is 30.1. The Morgan fingerprint density at radius 3 is 2.33 bits per heavy atom. The zero-order valence-corrected chi connectivity index (χ0v) is 24.3. The number of anilines is 3. The van der Waals surface area contributed by atoms with Crippen molar-refractivity contribution < 1.29 is 14.1 Å². The van der Waals surface area contributed by atoms with E-state index in [1.165, 1.54) is 12.7 Å². The van der Waals surface area contributed by atoms with E-state index < -0.39 is 6.03 Å². The van der Waals surface area contributed by atoms with Gasteiger partial charge in [-0.3, -0.25) is 10.1 Å². The molecule has 1 aliphatic heterocycles. The van der Waals surface area contributed by atoms with Crippen LogP contribution in [-0.4, -0.2) is 54.8 Å². The molecule has 1 fully saturated rings. The Morgan fingerprint density at radius 1 is 0.930 bits per heavy atom. The molecule has 0 spiro atoms. The second-order valence-corrected chi connectivity index (χ2v) is 11.6. The Balaban J connectivity index is 1.22. The Hall–Kier alpha value is -5.26. The van der Waals surface area contributed by atoms with Crippen LogP contribution in [0.15, 0.2) is 65.4 Å². The molecule has 1 saturated heterocycles. The number of nitrogens with two attached hydrogens (primary N) is 1. The number of fused-ring (bicyclic) bond motifs is 1. The summed E-state index contributed by atoms with van der Waals surface area (Å²) in [6, 6.07) is 15.8. The summed E-state index contributed by atoms with van der Waals surface area (Å²) in [5, 5.41) is 14.9. The molecule has 0 unspecified atom stereocenters. The maximum Gasteiger partial charge on any atom is 0.324 e. The number of nitrogens with zero attached hydrogens (tertiary/aromatic N) is 6. The number of nitrogens with one attached hydrogen (secondary N) is 2. The Kier molecular flexibility index (Phi) is 7.26. The first-order chi connectivity index (χ1) is 20.7. The van der Waals surface area contributed by atoms with Crippen molar-refractivity contribution in [2.45, 2.75) is 45.4 Å². The smallest absolute Gasteiger partial charge is 0.324 e. The number of carbonyl (C=O) groups is 2. The van der Waals surface area contributed by atoms with Crippen molar-refractivity contribution in [3.63, 3.8) is 0 Å². The van der Waals surface area contributed by atoms with E-state index in [4.69, 9.17) is 15.4 Å². The monoisotopic (exact) mass is 579 g/mol. The first-order valence-electron chi connectivity index (χ1n) is 14.2. The highest BCUT2D eigenvalue weighted by atomic mass is 16.5. The number of amides is 3. The molecule has 0 bridgehead atoms. The largest absolute Gasteiger partial charge is 0.383 e. The molecule has 0 atom stereocenters. The second-order valence-electron chi connectivity index (χ2n) is 11.6. The van der Waals surface area contributed by atoms with Gasteiger partial charge in [0.1, 0.15) is 23.6 Å². The summed E-state index contributed by atoms with van der Waals surface area (Å²) in [7, 11) is 0. The van der Waals surface area contributed by atoms with Crippen molar-refractivity contribution in [1.82, 2.24) is 29.8 Å². The summed E-state index contributed by atoms with van der Waals surface area (Å²) in [5.74, 6) is 1.35. The van der Waals surface area contributed by atoms with Crippen molar-refractivity contribution in [2.24, 2.45) is 0 Å². The third-order valence-corrected chi connectivity index (χ3v) is 7.40. The van der Waals surface area contributed by atoms with Gasteiger partial charge in [0.2, 0.25) is 0 Å². The number of likely N-dealkylation sites (tertiary alicyclic amines) is 1. The molecule has 43 heavy (non-hydrogen) atoms. The first-order valence-corrected chi connectivity index (χ1v) is 14.2. The summed E-state index contributed by atoms with van der Waals surface area (Å²) in [6.45, 7) is 7.59. The van der Waals surface area contributed by atoms with Gasteiger partial charge in [-0.25, -0.2) is 19.4 Å². The van der Waals surface area contributed by atoms with E-state index in [2.05, 4.69) is 25.8 Å². The Morgan fingerprint density at radius 2 is 1.65 bits per heavy atom. The van der Waals surface area contributed by atoms with E-state index >= 15 is 0 Å². The standard InChI is InChI=1S/C31H33N9O3/c1-31(2,3)23-17-24(38-43-23)36-30(42)35-21-11-13-22(14-12-21)40-28-25(27(32)33-18-34-28)26(37-40)19-7-9-20(10-8-19)29(41)39-15-5-4-6-16-39/h7-14,17-18H,4-6,15-16H2,1-3H3,(H2,32,33,34)(H2,35,36,38,42). The molecule has 0 aliphatic carbocycles. The highest BCUT2D eigenvalue weighted by Crippen LogP contribution is 2.32. The van der Waals surface area contributed by atoms with Gasteiger partial charge in [0.25, 0.3) is 5.91 Å². The van der Waals surface area contributed by atoms with E-state index in [0.717, 1.165) is 31.5 Å². The molecule has 12 heteroatoms. The number of aromatic nitrogens is 5. The number of hydrogen-bond acceptors (Lipinski definition) is 8. The molecule has 4 N–H and O–H groups in total. The normalized spacial score (nSPS) is 13.7. The van der Waals surface area contributed by atoms with Crippen LogP contribution in [0.4, 0.5) is 22.1 Å². The molecule has 2 aromatic carbocycles. The van der Waals surface area contributed by atoms with Gasteiger partial charge in [0.05, 0.1) is 11.1 Å². The summed E-state index contributed by atoms with van der Waals surface area (Å²) >= 11 is 0. The average molecular weight is 580 g/mol. The SMILES string of the molecule is CC(C)(C)c1cc(NC(=O)Nc2ccc(-n3nc(-c4ccc(C(=O)N5CCCCC5)cc4)c4c(N)ncnc43)cc2)no1. The van der Waals surface area contributed by atoms with Crippen LogP contribution in [0.2, 0.25) is 0 Å². The van der Waals surface area contributed by atoms with Gasteiger partial charge in [-0.05, 0) is 55.7 Å². The van der Waals surface area contributed by atoms with Gasteiger partial charge >= 0.3 is 6.03 Å². The van der Waals surface area contributed by atoms with Crippen LogP contribution >= 0.6 is 0 Å². The maximum atomic E-state index is 13.0. The molecular formula is C31H33N9O3. The van der Waals surface area contributed by atoms with Crippen molar-refractivity contribution in [2.75, 3.05) is 29.5 Å². The third-order valence-electron chi connectivity index (χ3n) is 7.40. The van der Waals surface area contributed by atoms with Crippen LogP contribution in [0.1, 0.15) is 56.2 Å².